The minimum Gasteiger partial charge on any atom is -0.497 e. The second-order valence-corrected chi connectivity index (χ2v) is 7.27. The van der Waals surface area contributed by atoms with Crippen molar-refractivity contribution < 1.29 is 19.1 Å². The molecule has 0 saturated carbocycles. The molecular formula is C19H23N3O4. The fraction of sp³-hybridized carbons (Fsp3) is 0.526. The first-order valence-corrected chi connectivity index (χ1v) is 9.00. The lowest BCUT2D eigenvalue weighted by molar-refractivity contribution is -0.147. The summed E-state index contributed by atoms with van der Waals surface area (Å²) in [5.74, 6) is 0.0684. The highest BCUT2D eigenvalue weighted by Crippen LogP contribution is 2.41. The first-order chi connectivity index (χ1) is 12.5. The molecule has 3 amide bonds. The van der Waals surface area contributed by atoms with Crippen molar-refractivity contribution in [1.29, 1.82) is 0 Å². The molecule has 0 aromatic heterocycles. The predicted octanol–water partition coefficient (Wildman–Crippen LogP) is 0.704. The number of methoxy groups -OCH3 is 1. The first-order valence-electron chi connectivity index (χ1n) is 9.00. The molecule has 7 nitrogen and oxygen atoms in total. The zero-order chi connectivity index (χ0) is 18.4. The number of nitrogens with zero attached hydrogens (tertiary/aromatic N) is 2. The third kappa shape index (κ3) is 2.53. The first kappa shape index (κ1) is 16.9. The molecule has 4 rings (SSSR count). The SMILES string of the molecule is COc1ccc(C2C(C(=O)N3C4CCC3C(=O)NC4)CC(=O)N2C)cc1. The molecule has 3 fully saturated rings. The fourth-order valence-electron chi connectivity index (χ4n) is 4.55. The van der Waals surface area contributed by atoms with Crippen LogP contribution in [0.1, 0.15) is 30.9 Å². The topological polar surface area (TPSA) is 79.0 Å². The summed E-state index contributed by atoms with van der Waals surface area (Å²) in [6.07, 6.45) is 1.72. The molecular weight excluding hydrogens is 334 g/mol. The molecule has 0 radical (unpaired) electrons. The molecule has 26 heavy (non-hydrogen) atoms. The molecule has 0 aliphatic carbocycles. The van der Waals surface area contributed by atoms with Gasteiger partial charge in [-0.15, -0.1) is 0 Å². The number of amides is 3. The Morgan fingerprint density at radius 2 is 1.92 bits per heavy atom. The number of ether oxygens (including phenoxy) is 1. The number of fused-ring (bicyclic) bond motifs is 2. The maximum Gasteiger partial charge on any atom is 0.242 e. The van der Waals surface area contributed by atoms with Gasteiger partial charge in [0.15, 0.2) is 0 Å². The van der Waals surface area contributed by atoms with E-state index in [9.17, 15) is 14.4 Å². The minimum absolute atomic E-state index is 0.0435. The van der Waals surface area contributed by atoms with Crippen LogP contribution in [0.25, 0.3) is 0 Å². The van der Waals surface area contributed by atoms with Crippen molar-refractivity contribution >= 4 is 17.7 Å². The smallest absolute Gasteiger partial charge is 0.242 e. The Bertz CT molecular complexity index is 748. The number of benzene rings is 1. The lowest BCUT2D eigenvalue weighted by Gasteiger charge is -2.37. The lowest BCUT2D eigenvalue weighted by Crippen LogP contribution is -2.58. The summed E-state index contributed by atoms with van der Waals surface area (Å²) in [6.45, 7) is 0.505. The zero-order valence-electron chi connectivity index (χ0n) is 15.0. The molecule has 4 unspecified atom stereocenters. The maximum absolute atomic E-state index is 13.3. The van der Waals surface area contributed by atoms with Gasteiger partial charge < -0.3 is 19.9 Å². The Kier molecular flexibility index (Phi) is 4.09. The quantitative estimate of drug-likeness (QED) is 0.864. The van der Waals surface area contributed by atoms with E-state index in [0.717, 1.165) is 17.7 Å². The number of hydrogen-bond donors (Lipinski definition) is 1. The third-order valence-corrected chi connectivity index (χ3v) is 5.93. The van der Waals surface area contributed by atoms with Crippen LogP contribution in [0.3, 0.4) is 0 Å². The van der Waals surface area contributed by atoms with Crippen molar-refractivity contribution in [2.24, 2.45) is 5.92 Å². The van der Waals surface area contributed by atoms with E-state index in [-0.39, 0.29) is 36.2 Å². The number of carbonyl (C=O) groups is 3. The largest absolute Gasteiger partial charge is 0.497 e. The summed E-state index contributed by atoms with van der Waals surface area (Å²) in [4.78, 5) is 41.2. The van der Waals surface area contributed by atoms with E-state index < -0.39 is 12.0 Å². The fourth-order valence-corrected chi connectivity index (χ4v) is 4.55. The normalized spacial score (nSPS) is 30.5. The van der Waals surface area contributed by atoms with E-state index in [1.807, 2.05) is 24.3 Å². The molecule has 138 valence electrons. The van der Waals surface area contributed by atoms with Gasteiger partial charge in [-0.3, -0.25) is 14.4 Å². The van der Waals surface area contributed by atoms with Gasteiger partial charge in [0.05, 0.1) is 19.1 Å². The molecule has 7 heteroatoms. The van der Waals surface area contributed by atoms with E-state index >= 15 is 0 Å². The van der Waals surface area contributed by atoms with Gasteiger partial charge in [-0.1, -0.05) is 12.1 Å². The average molecular weight is 357 g/mol. The van der Waals surface area contributed by atoms with Gasteiger partial charge >= 0.3 is 0 Å². The van der Waals surface area contributed by atoms with Crippen LogP contribution in [0.2, 0.25) is 0 Å². The van der Waals surface area contributed by atoms with E-state index in [0.29, 0.717) is 13.0 Å². The summed E-state index contributed by atoms with van der Waals surface area (Å²) in [7, 11) is 3.34. The van der Waals surface area contributed by atoms with Crippen LogP contribution in [0.5, 0.6) is 5.75 Å². The molecule has 2 bridgehead atoms. The van der Waals surface area contributed by atoms with Gasteiger partial charge in [-0.25, -0.2) is 0 Å². The van der Waals surface area contributed by atoms with Crippen LogP contribution in [0, 0.1) is 5.92 Å². The Hall–Kier alpha value is -2.57. The highest BCUT2D eigenvalue weighted by molar-refractivity contribution is 5.94. The van der Waals surface area contributed by atoms with E-state index in [1.165, 1.54) is 0 Å². The van der Waals surface area contributed by atoms with Crippen molar-refractivity contribution in [2.45, 2.75) is 37.4 Å². The standard InChI is InChI=1S/C19H23N3O4/c1-21-16(23)9-14(17(21)11-3-6-13(26-2)7-4-11)19(25)22-12-5-8-15(22)18(24)20-10-12/h3-4,6-7,12,14-15,17H,5,8-10H2,1-2H3,(H,20,24). The summed E-state index contributed by atoms with van der Waals surface area (Å²) in [6, 6.07) is 6.82. The van der Waals surface area contributed by atoms with E-state index in [1.54, 1.807) is 24.0 Å². The summed E-state index contributed by atoms with van der Waals surface area (Å²) in [5, 5.41) is 2.87. The van der Waals surface area contributed by atoms with Crippen molar-refractivity contribution in [3.05, 3.63) is 29.8 Å². The van der Waals surface area contributed by atoms with Gasteiger partial charge in [0.1, 0.15) is 11.8 Å². The van der Waals surface area contributed by atoms with Gasteiger partial charge in [0.25, 0.3) is 0 Å². The van der Waals surface area contributed by atoms with Crippen molar-refractivity contribution in [2.75, 3.05) is 20.7 Å². The van der Waals surface area contributed by atoms with Crippen molar-refractivity contribution in [3.63, 3.8) is 0 Å². The number of rotatable bonds is 3. The highest BCUT2D eigenvalue weighted by atomic mass is 16.5. The second kappa shape index (κ2) is 6.30. The molecule has 3 aliphatic rings. The third-order valence-electron chi connectivity index (χ3n) is 5.93. The monoisotopic (exact) mass is 357 g/mol. The Morgan fingerprint density at radius 1 is 1.19 bits per heavy atom. The summed E-state index contributed by atoms with van der Waals surface area (Å²) < 4.78 is 5.20. The Morgan fingerprint density at radius 3 is 2.62 bits per heavy atom. The molecule has 1 N–H and O–H groups in total. The predicted molar refractivity (Wildman–Crippen MR) is 93.3 cm³/mol. The van der Waals surface area contributed by atoms with Crippen molar-refractivity contribution in [3.8, 4) is 5.75 Å². The zero-order valence-corrected chi connectivity index (χ0v) is 15.0. The van der Waals surface area contributed by atoms with Crippen LogP contribution in [0.4, 0.5) is 0 Å². The average Bonchev–Trinajstić information content (AvgIpc) is 3.15. The molecule has 4 atom stereocenters. The summed E-state index contributed by atoms with van der Waals surface area (Å²) >= 11 is 0. The van der Waals surface area contributed by atoms with Gasteiger partial charge in [0.2, 0.25) is 17.7 Å². The number of carbonyl (C=O) groups excluding carboxylic acids is 3. The van der Waals surface area contributed by atoms with Crippen LogP contribution in [-0.2, 0) is 14.4 Å². The summed E-state index contributed by atoms with van der Waals surface area (Å²) in [5.41, 5.74) is 0.909. The van der Waals surface area contributed by atoms with Gasteiger partial charge in [-0.2, -0.15) is 0 Å². The lowest BCUT2D eigenvalue weighted by atomic mass is 9.91. The van der Waals surface area contributed by atoms with E-state index in [2.05, 4.69) is 5.32 Å². The molecule has 3 heterocycles. The van der Waals surface area contributed by atoms with E-state index in [4.69, 9.17) is 4.74 Å². The van der Waals surface area contributed by atoms with Crippen LogP contribution in [-0.4, -0.2) is 60.3 Å². The van der Waals surface area contributed by atoms with Crippen LogP contribution in [0.15, 0.2) is 24.3 Å². The Labute approximate surface area is 152 Å². The second-order valence-electron chi connectivity index (χ2n) is 7.27. The number of nitrogens with one attached hydrogen (secondary N) is 1. The Balaban J connectivity index is 1.64. The molecule has 0 spiro atoms. The molecule has 3 saturated heterocycles. The maximum atomic E-state index is 13.3. The molecule has 1 aromatic rings. The number of likely N-dealkylation sites (tertiary alicyclic amines) is 1. The van der Waals surface area contributed by atoms with Crippen LogP contribution < -0.4 is 10.1 Å². The number of piperazine rings is 1. The molecule has 3 aliphatic heterocycles. The highest BCUT2D eigenvalue weighted by Gasteiger charge is 2.51. The minimum atomic E-state index is -0.463. The van der Waals surface area contributed by atoms with Crippen molar-refractivity contribution in [1.82, 2.24) is 15.1 Å². The van der Waals surface area contributed by atoms with Gasteiger partial charge in [0, 0.05) is 26.1 Å². The number of hydrogen-bond acceptors (Lipinski definition) is 4. The molecule has 1 aromatic carbocycles. The van der Waals surface area contributed by atoms with Crippen LogP contribution >= 0.6 is 0 Å². The van der Waals surface area contributed by atoms with Gasteiger partial charge in [-0.05, 0) is 30.5 Å².